The van der Waals surface area contributed by atoms with Crippen LogP contribution in [0.1, 0.15) is 53.4 Å². The molecule has 5 atom stereocenters. The Labute approximate surface area is 110 Å². The summed E-state index contributed by atoms with van der Waals surface area (Å²) in [4.78, 5) is 12.1. The van der Waals surface area contributed by atoms with Crippen LogP contribution in [0.4, 0.5) is 0 Å². The third-order valence-electron chi connectivity index (χ3n) is 6.19. The molecule has 2 aliphatic carbocycles. The molecule has 5 unspecified atom stereocenters. The summed E-state index contributed by atoms with van der Waals surface area (Å²) < 4.78 is 6.00. The van der Waals surface area contributed by atoms with Crippen LogP contribution >= 0.6 is 0 Å². The maximum atomic E-state index is 12.1. The summed E-state index contributed by atoms with van der Waals surface area (Å²) in [5.74, 6) is 1.11. The van der Waals surface area contributed by atoms with Crippen molar-refractivity contribution in [2.75, 3.05) is 0 Å². The molecule has 1 saturated carbocycles. The van der Waals surface area contributed by atoms with Gasteiger partial charge in [0.15, 0.2) is 0 Å². The molecule has 0 amide bonds. The molecule has 2 fully saturated rings. The number of allylic oxidation sites excluding steroid dienone is 1. The van der Waals surface area contributed by atoms with Crippen LogP contribution in [0.15, 0.2) is 11.6 Å². The first kappa shape index (κ1) is 12.3. The SMILES string of the molecule is CC1=CC23OC(=O)C(C)C2CCC(C)C3(C)CC1. The number of ether oxygens (including phenoxy) is 1. The molecule has 1 aliphatic heterocycles. The third-order valence-corrected chi connectivity index (χ3v) is 6.19. The monoisotopic (exact) mass is 248 g/mol. The molecular weight excluding hydrogens is 224 g/mol. The van der Waals surface area contributed by atoms with Gasteiger partial charge in [-0.05, 0) is 44.6 Å². The van der Waals surface area contributed by atoms with Gasteiger partial charge in [-0.15, -0.1) is 0 Å². The molecule has 18 heavy (non-hydrogen) atoms. The van der Waals surface area contributed by atoms with Crippen LogP contribution in [-0.4, -0.2) is 11.6 Å². The van der Waals surface area contributed by atoms with Crippen molar-refractivity contribution in [2.45, 2.75) is 59.0 Å². The Bertz CT molecular complexity index is 425. The molecule has 0 bridgehead atoms. The summed E-state index contributed by atoms with van der Waals surface area (Å²) in [5, 5.41) is 0. The Kier molecular flexibility index (Phi) is 2.46. The maximum Gasteiger partial charge on any atom is 0.310 e. The Balaban J connectivity index is 2.16. The van der Waals surface area contributed by atoms with Gasteiger partial charge in [-0.1, -0.05) is 26.3 Å². The molecule has 0 aromatic heterocycles. The summed E-state index contributed by atoms with van der Waals surface area (Å²) in [6.07, 6.45) is 6.98. The van der Waals surface area contributed by atoms with E-state index in [0.717, 1.165) is 19.3 Å². The highest BCUT2D eigenvalue weighted by Crippen LogP contribution is 2.62. The molecule has 2 nitrogen and oxygen atoms in total. The number of rotatable bonds is 0. The highest BCUT2D eigenvalue weighted by molar-refractivity contribution is 5.76. The molecule has 1 heterocycles. The fourth-order valence-electron chi connectivity index (χ4n) is 4.65. The Morgan fingerprint density at radius 2 is 2.06 bits per heavy atom. The molecule has 1 saturated heterocycles. The van der Waals surface area contributed by atoms with Crippen LogP contribution in [0.25, 0.3) is 0 Å². The van der Waals surface area contributed by atoms with E-state index in [0.29, 0.717) is 11.8 Å². The second kappa shape index (κ2) is 3.61. The second-order valence-corrected chi connectivity index (χ2v) is 7.00. The Morgan fingerprint density at radius 3 is 2.78 bits per heavy atom. The quantitative estimate of drug-likeness (QED) is 0.482. The summed E-state index contributed by atoms with van der Waals surface area (Å²) in [5.41, 5.74) is 1.23. The van der Waals surface area contributed by atoms with Gasteiger partial charge in [-0.25, -0.2) is 0 Å². The van der Waals surface area contributed by atoms with Gasteiger partial charge in [0, 0.05) is 11.3 Å². The van der Waals surface area contributed by atoms with Crippen molar-refractivity contribution < 1.29 is 9.53 Å². The van der Waals surface area contributed by atoms with Crippen LogP contribution in [0, 0.1) is 23.2 Å². The minimum absolute atomic E-state index is 0.0197. The predicted molar refractivity (Wildman–Crippen MR) is 71.0 cm³/mol. The van der Waals surface area contributed by atoms with Gasteiger partial charge in [0.2, 0.25) is 0 Å². The van der Waals surface area contributed by atoms with Crippen LogP contribution in [0.5, 0.6) is 0 Å². The van der Waals surface area contributed by atoms with Gasteiger partial charge in [0.1, 0.15) is 5.60 Å². The lowest BCUT2D eigenvalue weighted by Gasteiger charge is -2.56. The lowest BCUT2D eigenvalue weighted by molar-refractivity contribution is -0.169. The fourth-order valence-corrected chi connectivity index (χ4v) is 4.65. The highest BCUT2D eigenvalue weighted by Gasteiger charge is 2.65. The van der Waals surface area contributed by atoms with E-state index in [2.05, 4.69) is 33.8 Å². The second-order valence-electron chi connectivity index (χ2n) is 7.00. The first-order valence-electron chi connectivity index (χ1n) is 7.32. The van der Waals surface area contributed by atoms with E-state index in [1.807, 2.05) is 0 Å². The minimum atomic E-state index is -0.302. The molecule has 1 spiro atoms. The number of carbonyl (C=O) groups is 1. The van der Waals surface area contributed by atoms with Crippen molar-refractivity contribution in [3.8, 4) is 0 Å². The van der Waals surface area contributed by atoms with Crippen molar-refractivity contribution in [1.82, 2.24) is 0 Å². The number of hydrogen-bond donors (Lipinski definition) is 0. The van der Waals surface area contributed by atoms with Crippen molar-refractivity contribution >= 4 is 5.97 Å². The molecule has 3 rings (SSSR count). The zero-order valence-corrected chi connectivity index (χ0v) is 12.0. The molecule has 0 radical (unpaired) electrons. The average Bonchev–Trinajstić information content (AvgIpc) is 2.55. The highest BCUT2D eigenvalue weighted by atomic mass is 16.6. The maximum absolute atomic E-state index is 12.1. The molecule has 3 aliphatic rings. The molecule has 0 N–H and O–H groups in total. The van der Waals surface area contributed by atoms with Gasteiger partial charge < -0.3 is 4.74 Å². The van der Waals surface area contributed by atoms with Crippen LogP contribution in [0.3, 0.4) is 0 Å². The molecule has 0 aromatic carbocycles. The number of esters is 1. The van der Waals surface area contributed by atoms with Gasteiger partial charge in [-0.2, -0.15) is 0 Å². The summed E-state index contributed by atoms with van der Waals surface area (Å²) in [7, 11) is 0. The van der Waals surface area contributed by atoms with Crippen LogP contribution < -0.4 is 0 Å². The predicted octanol–water partition coefficient (Wildman–Crippen LogP) is 3.71. The molecule has 100 valence electrons. The molecule has 0 aromatic rings. The largest absolute Gasteiger partial charge is 0.454 e. The van der Waals surface area contributed by atoms with Crippen molar-refractivity contribution in [3.63, 3.8) is 0 Å². The standard InChI is InChI=1S/C16H24O2/c1-10-7-8-15(4)11(2)5-6-13-12(3)14(17)18-16(13,15)9-10/h9,11-13H,5-8H2,1-4H3. The van der Waals surface area contributed by atoms with Gasteiger partial charge in [0.25, 0.3) is 0 Å². The average molecular weight is 248 g/mol. The lowest BCUT2D eigenvalue weighted by atomic mass is 9.50. The van der Waals surface area contributed by atoms with Crippen molar-refractivity contribution in [1.29, 1.82) is 0 Å². The fraction of sp³-hybridized carbons (Fsp3) is 0.812. The van der Waals surface area contributed by atoms with Gasteiger partial charge >= 0.3 is 5.97 Å². The van der Waals surface area contributed by atoms with Crippen molar-refractivity contribution in [2.24, 2.45) is 23.2 Å². The first-order valence-corrected chi connectivity index (χ1v) is 7.32. The minimum Gasteiger partial charge on any atom is -0.454 e. The van der Waals surface area contributed by atoms with Gasteiger partial charge in [-0.3, -0.25) is 4.79 Å². The Morgan fingerprint density at radius 1 is 1.33 bits per heavy atom. The topological polar surface area (TPSA) is 26.3 Å². The number of carbonyl (C=O) groups excluding carboxylic acids is 1. The zero-order valence-electron chi connectivity index (χ0n) is 12.0. The third kappa shape index (κ3) is 1.27. The summed E-state index contributed by atoms with van der Waals surface area (Å²) in [6.45, 7) is 8.92. The lowest BCUT2D eigenvalue weighted by Crippen LogP contribution is -2.57. The van der Waals surface area contributed by atoms with E-state index in [1.165, 1.54) is 12.0 Å². The molecule has 2 heteroatoms. The van der Waals surface area contributed by atoms with E-state index < -0.39 is 0 Å². The number of hydrogen-bond acceptors (Lipinski definition) is 2. The normalized spacial score (nSPS) is 51.2. The van der Waals surface area contributed by atoms with E-state index in [-0.39, 0.29) is 22.9 Å². The molecular formula is C16H24O2. The smallest absolute Gasteiger partial charge is 0.310 e. The first-order chi connectivity index (χ1) is 8.41. The zero-order chi connectivity index (χ0) is 13.1. The summed E-state index contributed by atoms with van der Waals surface area (Å²) in [6, 6.07) is 0. The van der Waals surface area contributed by atoms with Crippen LogP contribution in [0.2, 0.25) is 0 Å². The van der Waals surface area contributed by atoms with E-state index in [1.54, 1.807) is 0 Å². The summed E-state index contributed by atoms with van der Waals surface area (Å²) >= 11 is 0. The Hall–Kier alpha value is -0.790. The van der Waals surface area contributed by atoms with Crippen LogP contribution in [-0.2, 0) is 9.53 Å². The van der Waals surface area contributed by atoms with Gasteiger partial charge in [0.05, 0.1) is 5.92 Å². The van der Waals surface area contributed by atoms with E-state index in [9.17, 15) is 4.79 Å². The van der Waals surface area contributed by atoms with Crippen molar-refractivity contribution in [3.05, 3.63) is 11.6 Å². The van der Waals surface area contributed by atoms with E-state index >= 15 is 0 Å². The van der Waals surface area contributed by atoms with E-state index in [4.69, 9.17) is 4.74 Å².